The van der Waals surface area contributed by atoms with E-state index in [1.54, 1.807) is 24.3 Å². The zero-order valence-electron chi connectivity index (χ0n) is 18.5. The van der Waals surface area contributed by atoms with Crippen molar-refractivity contribution in [2.75, 3.05) is 40.2 Å². The normalized spacial score (nSPS) is 11.3. The summed E-state index contributed by atoms with van der Waals surface area (Å²) >= 11 is 0. The number of nitrogens with one attached hydrogen (secondary N) is 1. The molecule has 2 aromatic rings. The van der Waals surface area contributed by atoms with E-state index in [1.165, 1.54) is 52.6 Å². The quantitative estimate of drug-likeness (QED) is 0.429. The lowest BCUT2D eigenvalue weighted by Gasteiger charge is -2.15. The number of ether oxygens (including phenoxy) is 3. The molecule has 33 heavy (non-hydrogen) atoms. The molecule has 0 fully saturated rings. The Kier molecular flexibility index (Phi) is 8.71. The molecule has 0 atom stereocenters. The molecule has 0 radical (unpaired) electrons. The molecule has 0 saturated carbocycles. The summed E-state index contributed by atoms with van der Waals surface area (Å²) in [5.74, 6) is -1.69. The minimum atomic E-state index is -3.72. The van der Waals surface area contributed by atoms with Crippen LogP contribution in [0.4, 0.5) is 5.69 Å². The molecule has 0 heterocycles. The van der Waals surface area contributed by atoms with E-state index >= 15 is 0 Å². The second-order valence-corrected chi connectivity index (χ2v) is 8.90. The van der Waals surface area contributed by atoms with Crippen LogP contribution in [0.5, 0.6) is 5.75 Å². The standard InChI is InChI=1S/C22H24N2O8S/c1-24(2)33(28,29)17-10-11-19(30-3)18(13-17)23-20(25)14-32-21(26)12-7-15-5-8-16(9-6-15)22(27)31-4/h5-13H,14H2,1-4H3,(H,23,25)/b12-7+. The molecule has 10 nitrogen and oxygen atoms in total. The zero-order chi connectivity index (χ0) is 24.6. The number of hydrogen-bond acceptors (Lipinski definition) is 8. The summed E-state index contributed by atoms with van der Waals surface area (Å²) in [6.45, 7) is -0.599. The minimum Gasteiger partial charge on any atom is -0.495 e. The van der Waals surface area contributed by atoms with Gasteiger partial charge in [0.15, 0.2) is 6.61 Å². The Morgan fingerprint density at radius 2 is 1.70 bits per heavy atom. The molecule has 11 heteroatoms. The van der Waals surface area contributed by atoms with Crippen LogP contribution in [0.1, 0.15) is 15.9 Å². The van der Waals surface area contributed by atoms with Crippen LogP contribution in [-0.4, -0.2) is 65.5 Å². The third-order valence-electron chi connectivity index (χ3n) is 4.31. The summed E-state index contributed by atoms with van der Waals surface area (Å²) in [6, 6.07) is 10.3. The SMILES string of the molecule is COC(=O)c1ccc(/C=C/C(=O)OCC(=O)Nc2cc(S(=O)(=O)N(C)C)ccc2OC)cc1. The molecular weight excluding hydrogens is 452 g/mol. The van der Waals surface area contributed by atoms with E-state index in [4.69, 9.17) is 9.47 Å². The Hall–Kier alpha value is -3.70. The Morgan fingerprint density at radius 3 is 2.27 bits per heavy atom. The van der Waals surface area contributed by atoms with Crippen molar-refractivity contribution >= 4 is 39.6 Å². The summed E-state index contributed by atoms with van der Waals surface area (Å²) in [4.78, 5) is 35.5. The number of benzene rings is 2. The van der Waals surface area contributed by atoms with Crippen molar-refractivity contribution in [3.8, 4) is 5.75 Å². The van der Waals surface area contributed by atoms with Gasteiger partial charge >= 0.3 is 11.9 Å². The van der Waals surface area contributed by atoms with Crippen molar-refractivity contribution < 1.29 is 37.0 Å². The van der Waals surface area contributed by atoms with Gasteiger partial charge < -0.3 is 19.5 Å². The molecule has 2 rings (SSSR count). The van der Waals surface area contributed by atoms with Gasteiger partial charge in [-0.15, -0.1) is 0 Å². The van der Waals surface area contributed by atoms with E-state index in [1.807, 2.05) is 0 Å². The average molecular weight is 477 g/mol. The second kappa shape index (κ2) is 11.2. The number of anilines is 1. The van der Waals surface area contributed by atoms with Crippen LogP contribution in [0.15, 0.2) is 53.4 Å². The number of esters is 2. The molecule has 0 spiro atoms. The van der Waals surface area contributed by atoms with Crippen molar-refractivity contribution in [3.05, 3.63) is 59.7 Å². The van der Waals surface area contributed by atoms with Gasteiger partial charge in [-0.05, 0) is 42.0 Å². The number of hydrogen-bond donors (Lipinski definition) is 1. The van der Waals surface area contributed by atoms with Gasteiger partial charge in [-0.3, -0.25) is 4.79 Å². The highest BCUT2D eigenvalue weighted by Gasteiger charge is 2.20. The molecule has 0 aromatic heterocycles. The Balaban J connectivity index is 1.99. The van der Waals surface area contributed by atoms with Crippen molar-refractivity contribution in [2.24, 2.45) is 0 Å². The fourth-order valence-corrected chi connectivity index (χ4v) is 3.47. The first-order chi connectivity index (χ1) is 15.6. The number of carbonyl (C=O) groups is 3. The first-order valence-electron chi connectivity index (χ1n) is 9.52. The van der Waals surface area contributed by atoms with Crippen molar-refractivity contribution in [1.82, 2.24) is 4.31 Å². The topological polar surface area (TPSA) is 128 Å². The van der Waals surface area contributed by atoms with Crippen LogP contribution >= 0.6 is 0 Å². The van der Waals surface area contributed by atoms with Gasteiger partial charge in [-0.25, -0.2) is 22.3 Å². The van der Waals surface area contributed by atoms with Crippen LogP contribution in [0, 0.1) is 0 Å². The highest BCUT2D eigenvalue weighted by Crippen LogP contribution is 2.28. The van der Waals surface area contributed by atoms with Gasteiger partial charge in [0.25, 0.3) is 5.91 Å². The third-order valence-corrected chi connectivity index (χ3v) is 6.12. The lowest BCUT2D eigenvalue weighted by molar-refractivity contribution is -0.142. The molecule has 0 unspecified atom stereocenters. The number of methoxy groups -OCH3 is 2. The number of nitrogens with zero attached hydrogens (tertiary/aromatic N) is 1. The first-order valence-corrected chi connectivity index (χ1v) is 11.0. The molecule has 0 saturated heterocycles. The van der Waals surface area contributed by atoms with Gasteiger partial charge in [0.1, 0.15) is 5.75 Å². The molecule has 0 aliphatic rings. The number of rotatable bonds is 9. The molecule has 2 aromatic carbocycles. The van der Waals surface area contributed by atoms with E-state index in [9.17, 15) is 22.8 Å². The maximum atomic E-state index is 12.3. The van der Waals surface area contributed by atoms with Crippen molar-refractivity contribution in [3.63, 3.8) is 0 Å². The van der Waals surface area contributed by atoms with Crippen molar-refractivity contribution in [2.45, 2.75) is 4.90 Å². The molecule has 0 aliphatic heterocycles. The fraction of sp³-hybridized carbons (Fsp3) is 0.227. The highest BCUT2D eigenvalue weighted by molar-refractivity contribution is 7.89. The summed E-state index contributed by atoms with van der Waals surface area (Å²) < 4.78 is 40.3. The van der Waals surface area contributed by atoms with Crippen LogP contribution in [-0.2, 0) is 29.1 Å². The molecule has 0 bridgehead atoms. The largest absolute Gasteiger partial charge is 0.495 e. The summed E-state index contributed by atoms with van der Waals surface area (Å²) in [5, 5.41) is 2.47. The molecule has 176 valence electrons. The smallest absolute Gasteiger partial charge is 0.337 e. The van der Waals surface area contributed by atoms with E-state index < -0.39 is 34.5 Å². The fourth-order valence-electron chi connectivity index (χ4n) is 2.54. The van der Waals surface area contributed by atoms with E-state index in [2.05, 4.69) is 10.1 Å². The lowest BCUT2D eigenvalue weighted by atomic mass is 10.1. The molecular formula is C22H24N2O8S. The number of sulfonamides is 1. The Bertz CT molecular complexity index is 1160. The predicted molar refractivity (Wildman–Crippen MR) is 120 cm³/mol. The van der Waals surface area contributed by atoms with Crippen LogP contribution in [0.2, 0.25) is 0 Å². The number of amides is 1. The zero-order valence-corrected chi connectivity index (χ0v) is 19.3. The second-order valence-electron chi connectivity index (χ2n) is 6.75. The lowest BCUT2D eigenvalue weighted by Crippen LogP contribution is -2.23. The minimum absolute atomic E-state index is 0.0401. The van der Waals surface area contributed by atoms with Crippen LogP contribution < -0.4 is 10.1 Å². The van der Waals surface area contributed by atoms with Crippen LogP contribution in [0.25, 0.3) is 6.08 Å². The summed E-state index contributed by atoms with van der Waals surface area (Å²) in [5.41, 5.74) is 1.11. The summed E-state index contributed by atoms with van der Waals surface area (Å²) in [6.07, 6.45) is 2.59. The average Bonchev–Trinajstić information content (AvgIpc) is 2.81. The Morgan fingerprint density at radius 1 is 1.03 bits per heavy atom. The maximum absolute atomic E-state index is 12.3. The maximum Gasteiger partial charge on any atom is 0.337 e. The number of carbonyl (C=O) groups excluding carboxylic acids is 3. The van der Waals surface area contributed by atoms with Gasteiger partial charge in [-0.1, -0.05) is 12.1 Å². The molecule has 1 N–H and O–H groups in total. The molecule has 1 amide bonds. The van der Waals surface area contributed by atoms with Gasteiger partial charge in [-0.2, -0.15) is 0 Å². The third kappa shape index (κ3) is 6.89. The Labute approximate surface area is 191 Å². The first kappa shape index (κ1) is 25.6. The predicted octanol–water partition coefficient (Wildman–Crippen LogP) is 1.93. The van der Waals surface area contributed by atoms with Gasteiger partial charge in [0, 0.05) is 20.2 Å². The van der Waals surface area contributed by atoms with Crippen LogP contribution in [0.3, 0.4) is 0 Å². The van der Waals surface area contributed by atoms with Gasteiger partial charge in [0.05, 0.1) is 30.4 Å². The molecule has 0 aliphatic carbocycles. The van der Waals surface area contributed by atoms with E-state index in [0.29, 0.717) is 11.1 Å². The van der Waals surface area contributed by atoms with E-state index in [0.717, 1.165) is 10.4 Å². The monoisotopic (exact) mass is 476 g/mol. The highest BCUT2D eigenvalue weighted by atomic mass is 32.2. The van der Waals surface area contributed by atoms with E-state index in [-0.39, 0.29) is 16.3 Å². The summed E-state index contributed by atoms with van der Waals surface area (Å²) in [7, 11) is 1.70. The van der Waals surface area contributed by atoms with Crippen molar-refractivity contribution in [1.29, 1.82) is 0 Å². The van der Waals surface area contributed by atoms with Gasteiger partial charge in [0.2, 0.25) is 10.0 Å².